The highest BCUT2D eigenvalue weighted by Crippen LogP contribution is 2.24. The number of aromatic carboxylic acids is 1. The molecule has 0 saturated heterocycles. The number of nitrogens with one attached hydrogen (secondary N) is 1. The van der Waals surface area contributed by atoms with E-state index >= 15 is 0 Å². The van der Waals surface area contributed by atoms with Crippen LogP contribution >= 0.6 is 0 Å². The van der Waals surface area contributed by atoms with Gasteiger partial charge in [0.2, 0.25) is 5.91 Å². The van der Waals surface area contributed by atoms with Gasteiger partial charge in [-0.1, -0.05) is 37.3 Å². The van der Waals surface area contributed by atoms with Gasteiger partial charge < -0.3 is 10.4 Å². The maximum atomic E-state index is 13.8. The first kappa shape index (κ1) is 16.6. The molecule has 2 rings (SSSR count). The molecule has 1 amide bonds. The van der Waals surface area contributed by atoms with Crippen LogP contribution in [0.2, 0.25) is 0 Å². The number of rotatable bonds is 6. The van der Waals surface area contributed by atoms with Crippen LogP contribution in [0, 0.1) is 5.82 Å². The van der Waals surface area contributed by atoms with E-state index in [1.165, 1.54) is 12.3 Å². The number of amides is 1. The van der Waals surface area contributed by atoms with E-state index in [4.69, 9.17) is 5.11 Å². The second kappa shape index (κ2) is 6.55. The summed E-state index contributed by atoms with van der Waals surface area (Å²) in [5.74, 6) is -1.90. The van der Waals surface area contributed by atoms with E-state index in [-0.39, 0.29) is 30.5 Å². The molecule has 122 valence electrons. The summed E-state index contributed by atoms with van der Waals surface area (Å²) in [4.78, 5) is 22.6. The number of carbonyl (C=O) groups is 2. The molecule has 2 N–H and O–H groups in total. The van der Waals surface area contributed by atoms with Crippen molar-refractivity contribution < 1.29 is 19.1 Å². The Bertz CT molecular complexity index is 727. The summed E-state index contributed by atoms with van der Waals surface area (Å²) in [6, 6.07) is 6.41. The fourth-order valence-corrected chi connectivity index (χ4v) is 2.10. The lowest BCUT2D eigenvalue weighted by Crippen LogP contribution is -2.38. The summed E-state index contributed by atoms with van der Waals surface area (Å²) in [6.45, 7) is 3.72. The minimum atomic E-state index is -1.21. The van der Waals surface area contributed by atoms with E-state index in [9.17, 15) is 14.0 Å². The lowest BCUT2D eigenvalue weighted by molar-refractivity contribution is -0.122. The largest absolute Gasteiger partial charge is 0.476 e. The standard InChI is InChI=1S/C15H17FN4O3/c1-15(2,10-5-3-4-6-11(10)16)9-17-13(21)8-20-7-12(14(22)23)18-19-20/h3-7H,8-9H2,1-2H3,(H,17,21)(H,22,23). The minimum absolute atomic E-state index is 0.159. The molecular formula is C15H17FN4O3. The van der Waals surface area contributed by atoms with Crippen LogP contribution in [-0.2, 0) is 16.8 Å². The van der Waals surface area contributed by atoms with Gasteiger partial charge in [0.05, 0.1) is 6.20 Å². The lowest BCUT2D eigenvalue weighted by Gasteiger charge is -2.26. The van der Waals surface area contributed by atoms with Gasteiger partial charge in [0.1, 0.15) is 12.4 Å². The Hall–Kier alpha value is -2.77. The van der Waals surface area contributed by atoms with E-state index in [1.54, 1.807) is 18.2 Å². The quantitative estimate of drug-likeness (QED) is 0.834. The highest BCUT2D eigenvalue weighted by molar-refractivity contribution is 5.84. The number of halogens is 1. The maximum absolute atomic E-state index is 13.8. The fourth-order valence-electron chi connectivity index (χ4n) is 2.10. The molecule has 0 spiro atoms. The first-order valence-electron chi connectivity index (χ1n) is 6.95. The second-order valence-electron chi connectivity index (χ2n) is 5.75. The Morgan fingerprint density at radius 3 is 2.65 bits per heavy atom. The molecule has 0 saturated carbocycles. The summed E-state index contributed by atoms with van der Waals surface area (Å²) in [7, 11) is 0. The van der Waals surface area contributed by atoms with Crippen LogP contribution in [0.3, 0.4) is 0 Å². The maximum Gasteiger partial charge on any atom is 0.358 e. The Kier molecular flexibility index (Phi) is 4.73. The molecule has 23 heavy (non-hydrogen) atoms. The molecule has 7 nitrogen and oxygen atoms in total. The van der Waals surface area contributed by atoms with Gasteiger partial charge in [0.15, 0.2) is 5.69 Å². The van der Waals surface area contributed by atoms with Gasteiger partial charge in [0.25, 0.3) is 0 Å². The molecule has 0 aliphatic carbocycles. The zero-order valence-electron chi connectivity index (χ0n) is 12.8. The molecule has 0 radical (unpaired) electrons. The van der Waals surface area contributed by atoms with Crippen molar-refractivity contribution in [2.24, 2.45) is 0 Å². The van der Waals surface area contributed by atoms with E-state index in [2.05, 4.69) is 15.6 Å². The summed E-state index contributed by atoms with van der Waals surface area (Å²) >= 11 is 0. The first-order valence-corrected chi connectivity index (χ1v) is 6.95. The number of hydrogen-bond donors (Lipinski definition) is 2. The third kappa shape index (κ3) is 4.12. The molecule has 0 bridgehead atoms. The molecule has 0 fully saturated rings. The van der Waals surface area contributed by atoms with E-state index in [1.807, 2.05) is 13.8 Å². The minimum Gasteiger partial charge on any atom is -0.476 e. The normalized spacial score (nSPS) is 11.3. The van der Waals surface area contributed by atoms with Gasteiger partial charge in [-0.2, -0.15) is 0 Å². The SMILES string of the molecule is CC(C)(CNC(=O)Cn1cc(C(=O)O)nn1)c1ccccc1F. The third-order valence-corrected chi connectivity index (χ3v) is 3.39. The summed E-state index contributed by atoms with van der Waals surface area (Å²) in [6.07, 6.45) is 1.17. The molecular weight excluding hydrogens is 303 g/mol. The molecule has 1 aromatic carbocycles. The van der Waals surface area contributed by atoms with Crippen molar-refractivity contribution in [1.29, 1.82) is 0 Å². The number of benzene rings is 1. The fraction of sp³-hybridized carbons (Fsp3) is 0.333. The van der Waals surface area contributed by atoms with Crippen LogP contribution in [0.25, 0.3) is 0 Å². The Morgan fingerprint density at radius 1 is 1.35 bits per heavy atom. The number of carboxylic acids is 1. The molecule has 0 aliphatic heterocycles. The molecule has 8 heteroatoms. The number of carboxylic acid groups (broad SMARTS) is 1. The van der Waals surface area contributed by atoms with Gasteiger partial charge in [-0.15, -0.1) is 5.10 Å². The van der Waals surface area contributed by atoms with Crippen LogP contribution in [0.5, 0.6) is 0 Å². The van der Waals surface area contributed by atoms with Crippen molar-refractivity contribution in [3.63, 3.8) is 0 Å². The average Bonchev–Trinajstić information content (AvgIpc) is 2.94. The zero-order chi connectivity index (χ0) is 17.0. The van der Waals surface area contributed by atoms with Crippen molar-refractivity contribution in [3.05, 3.63) is 47.5 Å². The smallest absolute Gasteiger partial charge is 0.358 e. The molecule has 1 aromatic heterocycles. The van der Waals surface area contributed by atoms with Gasteiger partial charge >= 0.3 is 5.97 Å². The van der Waals surface area contributed by atoms with E-state index in [0.717, 1.165) is 4.68 Å². The van der Waals surface area contributed by atoms with Gasteiger partial charge in [0, 0.05) is 12.0 Å². The van der Waals surface area contributed by atoms with Crippen LogP contribution in [0.1, 0.15) is 29.9 Å². The van der Waals surface area contributed by atoms with Crippen molar-refractivity contribution in [2.45, 2.75) is 25.8 Å². The molecule has 0 aliphatic rings. The summed E-state index contributed by atoms with van der Waals surface area (Å²) in [5.41, 5.74) is -0.311. The number of aromatic nitrogens is 3. The van der Waals surface area contributed by atoms with Crippen LogP contribution in [0.15, 0.2) is 30.5 Å². The van der Waals surface area contributed by atoms with Crippen molar-refractivity contribution in [3.8, 4) is 0 Å². The lowest BCUT2D eigenvalue weighted by atomic mass is 9.84. The highest BCUT2D eigenvalue weighted by atomic mass is 19.1. The molecule has 0 atom stereocenters. The second-order valence-corrected chi connectivity index (χ2v) is 5.75. The van der Waals surface area contributed by atoms with E-state index in [0.29, 0.717) is 5.56 Å². The Labute approximate surface area is 132 Å². The summed E-state index contributed by atoms with van der Waals surface area (Å²) in [5, 5.41) is 18.4. The van der Waals surface area contributed by atoms with Gasteiger partial charge in [-0.3, -0.25) is 4.79 Å². The van der Waals surface area contributed by atoms with Gasteiger partial charge in [-0.25, -0.2) is 13.9 Å². The van der Waals surface area contributed by atoms with Crippen LogP contribution in [0.4, 0.5) is 4.39 Å². The first-order chi connectivity index (χ1) is 10.8. The topological polar surface area (TPSA) is 97.1 Å². The predicted molar refractivity (Wildman–Crippen MR) is 79.4 cm³/mol. The molecule has 0 unspecified atom stereocenters. The number of hydrogen-bond acceptors (Lipinski definition) is 4. The predicted octanol–water partition coefficient (Wildman–Crippen LogP) is 1.21. The highest BCUT2D eigenvalue weighted by Gasteiger charge is 2.24. The van der Waals surface area contributed by atoms with E-state index < -0.39 is 11.4 Å². The zero-order valence-corrected chi connectivity index (χ0v) is 12.8. The van der Waals surface area contributed by atoms with Crippen molar-refractivity contribution >= 4 is 11.9 Å². The van der Waals surface area contributed by atoms with Crippen molar-refractivity contribution in [1.82, 2.24) is 20.3 Å². The Balaban J connectivity index is 1.95. The molecule has 1 heterocycles. The third-order valence-electron chi connectivity index (χ3n) is 3.39. The number of nitrogens with zero attached hydrogens (tertiary/aromatic N) is 3. The van der Waals surface area contributed by atoms with Crippen molar-refractivity contribution in [2.75, 3.05) is 6.54 Å². The number of carbonyl (C=O) groups excluding carboxylic acids is 1. The monoisotopic (exact) mass is 320 g/mol. The van der Waals surface area contributed by atoms with Gasteiger partial charge in [-0.05, 0) is 11.6 Å². The van der Waals surface area contributed by atoms with Crippen LogP contribution in [-0.4, -0.2) is 38.5 Å². The average molecular weight is 320 g/mol. The summed E-state index contributed by atoms with van der Waals surface area (Å²) < 4.78 is 15.0. The molecule has 2 aromatic rings. The Morgan fingerprint density at radius 2 is 2.04 bits per heavy atom. The van der Waals surface area contributed by atoms with Crippen LogP contribution < -0.4 is 5.32 Å².